The van der Waals surface area contributed by atoms with E-state index in [-0.39, 0.29) is 12.4 Å². The zero-order valence-electron chi connectivity index (χ0n) is 10.5. The summed E-state index contributed by atoms with van der Waals surface area (Å²) in [7, 11) is 0. The van der Waals surface area contributed by atoms with Crippen LogP contribution in [0, 0.1) is 11.9 Å². The molecule has 108 valence electrons. The van der Waals surface area contributed by atoms with E-state index in [2.05, 4.69) is 9.97 Å². The minimum absolute atomic E-state index is 0.0227. The molecule has 1 aliphatic rings. The lowest BCUT2D eigenvalue weighted by Gasteiger charge is -2.18. The van der Waals surface area contributed by atoms with E-state index in [9.17, 15) is 19.7 Å². The Balaban J connectivity index is 2.07. The van der Waals surface area contributed by atoms with Gasteiger partial charge in [-0.15, -0.1) is 0 Å². The van der Waals surface area contributed by atoms with Gasteiger partial charge in [-0.2, -0.15) is 4.39 Å². The number of anilines is 1. The maximum atomic E-state index is 13.4. The van der Waals surface area contributed by atoms with E-state index in [1.807, 2.05) is 0 Å². The van der Waals surface area contributed by atoms with Crippen molar-refractivity contribution in [1.82, 2.24) is 14.5 Å². The van der Waals surface area contributed by atoms with Gasteiger partial charge >= 0.3 is 0 Å². The molecule has 0 unspecified atom stereocenters. The first-order valence-corrected chi connectivity index (χ1v) is 6.28. The number of hydrogen-bond donors (Lipinski definition) is 4. The third-order valence-electron chi connectivity index (χ3n) is 3.92. The molecule has 0 bridgehead atoms. The molecule has 1 fully saturated rings. The highest BCUT2D eigenvalue weighted by Crippen LogP contribution is 2.37. The average molecular weight is 282 g/mol. The topological polar surface area (TPSA) is 117 Å². The molecule has 4 atom stereocenters. The van der Waals surface area contributed by atoms with Crippen LogP contribution in [0.3, 0.4) is 0 Å². The minimum Gasteiger partial charge on any atom is -0.396 e. The van der Waals surface area contributed by atoms with Crippen LogP contribution in [0.4, 0.5) is 10.2 Å². The Hall–Kier alpha value is -1.77. The molecule has 0 saturated heterocycles. The van der Waals surface area contributed by atoms with Crippen molar-refractivity contribution in [2.45, 2.75) is 24.7 Å². The van der Waals surface area contributed by atoms with Gasteiger partial charge in [-0.25, -0.2) is 9.97 Å². The van der Waals surface area contributed by atoms with Crippen molar-refractivity contribution in [1.29, 1.82) is 0 Å². The molecule has 2 aromatic rings. The molecule has 2 aromatic heterocycles. The van der Waals surface area contributed by atoms with Gasteiger partial charge in [-0.05, 0) is 6.42 Å². The number of pyridine rings is 1. The standard InChI is InChI=1S/C12H15FN4O3/c13-8-2-6-9(12(14)16-8)15-4-17(6)7-1-5(3-18)10(19)11(7)20/h2,4-5,7,10-11,18-20H,1,3H2,(H2,14,16)/t5-,7-,10-,11+/m1/s1. The highest BCUT2D eigenvalue weighted by molar-refractivity contribution is 5.84. The first-order valence-electron chi connectivity index (χ1n) is 6.28. The molecule has 2 heterocycles. The lowest BCUT2D eigenvalue weighted by atomic mass is 10.1. The first kappa shape index (κ1) is 13.2. The lowest BCUT2D eigenvalue weighted by Crippen LogP contribution is -2.30. The molecular weight excluding hydrogens is 267 g/mol. The van der Waals surface area contributed by atoms with Crippen LogP contribution in [0.2, 0.25) is 0 Å². The quantitative estimate of drug-likeness (QED) is 0.548. The van der Waals surface area contributed by atoms with Crippen molar-refractivity contribution in [3.63, 3.8) is 0 Å². The Bertz CT molecular complexity index is 647. The van der Waals surface area contributed by atoms with Crippen LogP contribution in [-0.2, 0) is 0 Å². The molecule has 1 saturated carbocycles. The maximum Gasteiger partial charge on any atom is 0.217 e. The van der Waals surface area contributed by atoms with Crippen LogP contribution in [0.25, 0.3) is 11.0 Å². The summed E-state index contributed by atoms with van der Waals surface area (Å²) >= 11 is 0. The maximum absolute atomic E-state index is 13.4. The number of hydrogen-bond acceptors (Lipinski definition) is 6. The predicted octanol–water partition coefficient (Wildman–Crippen LogP) is -0.572. The molecule has 20 heavy (non-hydrogen) atoms. The molecule has 0 radical (unpaired) electrons. The van der Waals surface area contributed by atoms with Gasteiger partial charge in [0.25, 0.3) is 0 Å². The second-order valence-corrected chi connectivity index (χ2v) is 5.08. The van der Waals surface area contributed by atoms with E-state index in [0.29, 0.717) is 17.5 Å². The number of imidazole rings is 1. The van der Waals surface area contributed by atoms with E-state index in [4.69, 9.17) is 5.73 Å². The second kappa shape index (κ2) is 4.65. The molecular formula is C12H15FN4O3. The number of rotatable bonds is 2. The summed E-state index contributed by atoms with van der Waals surface area (Å²) in [5, 5.41) is 29.1. The fourth-order valence-electron chi connectivity index (χ4n) is 2.84. The van der Waals surface area contributed by atoms with Crippen molar-refractivity contribution in [2.24, 2.45) is 5.92 Å². The van der Waals surface area contributed by atoms with E-state index >= 15 is 0 Å². The largest absolute Gasteiger partial charge is 0.396 e. The Morgan fingerprint density at radius 3 is 2.80 bits per heavy atom. The van der Waals surface area contributed by atoms with Gasteiger partial charge in [0, 0.05) is 18.6 Å². The minimum atomic E-state index is -1.05. The molecule has 8 heteroatoms. The Morgan fingerprint density at radius 1 is 1.40 bits per heavy atom. The van der Waals surface area contributed by atoms with E-state index in [1.54, 1.807) is 4.57 Å². The number of halogens is 1. The summed E-state index contributed by atoms with van der Waals surface area (Å²) in [6, 6.07) is 0.692. The number of nitrogens with two attached hydrogens (primary N) is 1. The second-order valence-electron chi connectivity index (χ2n) is 5.08. The van der Waals surface area contributed by atoms with Crippen LogP contribution in [-0.4, -0.2) is 48.7 Å². The van der Waals surface area contributed by atoms with Crippen LogP contribution in [0.5, 0.6) is 0 Å². The normalized spacial score (nSPS) is 30.2. The summed E-state index contributed by atoms with van der Waals surface area (Å²) in [6.45, 7) is -0.223. The molecule has 1 aliphatic carbocycles. The Labute approximate surface area is 113 Å². The van der Waals surface area contributed by atoms with Gasteiger partial charge in [0.05, 0.1) is 24.0 Å². The Kier molecular flexibility index (Phi) is 3.08. The smallest absolute Gasteiger partial charge is 0.217 e. The number of aromatic nitrogens is 3. The number of aliphatic hydroxyl groups is 3. The third-order valence-corrected chi connectivity index (χ3v) is 3.92. The summed E-state index contributed by atoms with van der Waals surface area (Å²) in [5.41, 5.74) is 6.36. The lowest BCUT2D eigenvalue weighted by molar-refractivity contribution is -0.00365. The fraction of sp³-hybridized carbons (Fsp3) is 0.500. The number of fused-ring (bicyclic) bond motifs is 1. The van der Waals surface area contributed by atoms with Crippen molar-refractivity contribution in [3.8, 4) is 0 Å². The predicted molar refractivity (Wildman–Crippen MR) is 68.1 cm³/mol. The number of nitrogen functional groups attached to an aromatic ring is 1. The molecule has 0 spiro atoms. The molecule has 0 amide bonds. The molecule has 3 rings (SSSR count). The van der Waals surface area contributed by atoms with Crippen LogP contribution >= 0.6 is 0 Å². The van der Waals surface area contributed by atoms with Crippen LogP contribution < -0.4 is 5.73 Å². The van der Waals surface area contributed by atoms with Crippen molar-refractivity contribution >= 4 is 16.9 Å². The first-order chi connectivity index (χ1) is 9.52. The van der Waals surface area contributed by atoms with E-state index < -0.39 is 30.1 Å². The van der Waals surface area contributed by atoms with Gasteiger partial charge in [0.1, 0.15) is 11.6 Å². The third kappa shape index (κ3) is 1.84. The summed E-state index contributed by atoms with van der Waals surface area (Å²) in [6.07, 6.45) is -0.273. The average Bonchev–Trinajstić information content (AvgIpc) is 2.93. The Morgan fingerprint density at radius 2 is 2.15 bits per heavy atom. The highest BCUT2D eigenvalue weighted by Gasteiger charge is 2.42. The number of aliphatic hydroxyl groups excluding tert-OH is 3. The van der Waals surface area contributed by atoms with Gasteiger partial charge in [-0.3, -0.25) is 0 Å². The zero-order valence-corrected chi connectivity index (χ0v) is 10.5. The summed E-state index contributed by atoms with van der Waals surface area (Å²) in [4.78, 5) is 7.56. The SMILES string of the molecule is Nc1nc(F)cc2c1ncn2[C@@H]1C[C@H](CO)[C@@H](O)[C@H]1O. The van der Waals surface area contributed by atoms with Crippen LogP contribution in [0.15, 0.2) is 12.4 Å². The number of nitrogens with zero attached hydrogens (tertiary/aromatic N) is 3. The highest BCUT2D eigenvalue weighted by atomic mass is 19.1. The van der Waals surface area contributed by atoms with Crippen molar-refractivity contribution in [3.05, 3.63) is 18.3 Å². The molecule has 0 aliphatic heterocycles. The summed E-state index contributed by atoms with van der Waals surface area (Å²) < 4.78 is 14.9. The van der Waals surface area contributed by atoms with Gasteiger partial charge < -0.3 is 25.6 Å². The van der Waals surface area contributed by atoms with Gasteiger partial charge in [0.15, 0.2) is 5.82 Å². The monoisotopic (exact) mass is 282 g/mol. The van der Waals surface area contributed by atoms with Gasteiger partial charge in [0.2, 0.25) is 5.95 Å². The van der Waals surface area contributed by atoms with E-state index in [0.717, 1.165) is 0 Å². The van der Waals surface area contributed by atoms with Crippen molar-refractivity contribution in [2.75, 3.05) is 12.3 Å². The van der Waals surface area contributed by atoms with E-state index in [1.165, 1.54) is 12.4 Å². The van der Waals surface area contributed by atoms with Crippen molar-refractivity contribution < 1.29 is 19.7 Å². The molecule has 7 nitrogen and oxygen atoms in total. The molecule has 0 aromatic carbocycles. The van der Waals surface area contributed by atoms with Gasteiger partial charge in [-0.1, -0.05) is 0 Å². The fourth-order valence-corrected chi connectivity index (χ4v) is 2.84. The van der Waals surface area contributed by atoms with Crippen LogP contribution in [0.1, 0.15) is 12.5 Å². The zero-order chi connectivity index (χ0) is 14.4. The summed E-state index contributed by atoms with van der Waals surface area (Å²) in [5.74, 6) is -1.18. The molecule has 5 N–H and O–H groups in total.